The number of ether oxygens (including phenoxy) is 2. The van der Waals surface area contributed by atoms with E-state index < -0.39 is 11.7 Å². The number of methoxy groups -OCH3 is 2. The summed E-state index contributed by atoms with van der Waals surface area (Å²) in [5, 5.41) is 0.390. The Hall–Kier alpha value is -3.14. The summed E-state index contributed by atoms with van der Waals surface area (Å²) in [6.07, 6.45) is -3.99. The summed E-state index contributed by atoms with van der Waals surface area (Å²) in [5.74, 6) is 1.53. The first-order valence-electron chi connectivity index (χ1n) is 9.92. The maximum Gasteiger partial charge on any atom is 0.416 e. The second kappa shape index (κ2) is 10.2. The average molecular weight is 480 g/mol. The molecule has 176 valence electrons. The second-order valence-corrected chi connectivity index (χ2v) is 8.37. The Kier molecular flexibility index (Phi) is 7.57. The summed E-state index contributed by atoms with van der Waals surface area (Å²) in [4.78, 5) is 21.9. The normalized spacial score (nSPS) is 11.4. The van der Waals surface area contributed by atoms with Crippen LogP contribution in [0.2, 0.25) is 0 Å². The molecule has 2 aromatic carbocycles. The summed E-state index contributed by atoms with van der Waals surface area (Å²) in [6.45, 7) is 0. The Labute approximate surface area is 193 Å². The third-order valence-corrected chi connectivity index (χ3v) is 5.81. The number of aromatic nitrogens is 2. The van der Waals surface area contributed by atoms with Crippen molar-refractivity contribution >= 4 is 17.4 Å². The number of nitrogens with zero attached hydrogens (tertiary/aromatic N) is 2. The van der Waals surface area contributed by atoms with Crippen molar-refractivity contribution < 1.29 is 22.6 Å². The lowest BCUT2D eigenvalue weighted by Gasteiger charge is -2.17. The third kappa shape index (κ3) is 6.01. The minimum Gasteiger partial charge on any atom is -0.493 e. The summed E-state index contributed by atoms with van der Waals surface area (Å²) >= 11 is 1.25. The highest BCUT2D eigenvalue weighted by atomic mass is 32.2. The third-order valence-electron chi connectivity index (χ3n) is 4.87. The van der Waals surface area contributed by atoms with Gasteiger partial charge in [-0.15, -0.1) is 0 Å². The van der Waals surface area contributed by atoms with E-state index in [0.29, 0.717) is 45.8 Å². The van der Waals surface area contributed by atoms with E-state index in [2.05, 4.69) is 9.97 Å². The van der Waals surface area contributed by atoms with Gasteiger partial charge >= 0.3 is 6.18 Å². The Bertz CT molecular complexity index is 1160. The minimum absolute atomic E-state index is 0.291. The lowest BCUT2D eigenvalue weighted by Crippen LogP contribution is -2.24. The molecule has 1 N–H and O–H groups in total. The fourth-order valence-electron chi connectivity index (χ4n) is 3.27. The zero-order chi connectivity index (χ0) is 24.2. The maximum atomic E-state index is 12.8. The molecule has 0 aliphatic heterocycles. The lowest BCUT2D eigenvalue weighted by molar-refractivity contribution is -0.137. The predicted molar refractivity (Wildman–Crippen MR) is 123 cm³/mol. The molecule has 0 radical (unpaired) electrons. The highest BCUT2D eigenvalue weighted by Gasteiger charge is 2.29. The molecule has 10 heteroatoms. The van der Waals surface area contributed by atoms with Crippen LogP contribution >= 0.6 is 11.8 Å². The molecular formula is C23H24F3N3O3S. The van der Waals surface area contributed by atoms with Crippen LogP contribution < -0.4 is 19.9 Å². The predicted octanol–water partition coefficient (Wildman–Crippen LogP) is 4.76. The zero-order valence-electron chi connectivity index (χ0n) is 18.6. The van der Waals surface area contributed by atoms with Gasteiger partial charge in [-0.25, -0.2) is 4.98 Å². The fraction of sp³-hybridized carbons (Fsp3) is 0.304. The van der Waals surface area contributed by atoms with Crippen LogP contribution in [-0.2, 0) is 18.3 Å². The molecule has 1 heterocycles. The molecule has 0 saturated heterocycles. The molecule has 1 aromatic heterocycles. The molecule has 0 spiro atoms. The molecule has 0 atom stereocenters. The van der Waals surface area contributed by atoms with Crippen LogP contribution in [0.1, 0.15) is 22.4 Å². The number of nitrogens with one attached hydrogen (secondary N) is 1. The summed E-state index contributed by atoms with van der Waals surface area (Å²) in [5.41, 5.74) is 1.59. The van der Waals surface area contributed by atoms with Crippen molar-refractivity contribution in [2.24, 2.45) is 0 Å². The van der Waals surface area contributed by atoms with Crippen LogP contribution in [0.3, 0.4) is 0 Å². The Morgan fingerprint density at radius 1 is 1.00 bits per heavy atom. The van der Waals surface area contributed by atoms with Gasteiger partial charge in [-0.05, 0) is 35.4 Å². The molecule has 0 aliphatic carbocycles. The van der Waals surface area contributed by atoms with E-state index in [-0.39, 0.29) is 5.56 Å². The number of halogens is 3. The highest BCUT2D eigenvalue weighted by molar-refractivity contribution is 7.98. The van der Waals surface area contributed by atoms with Gasteiger partial charge < -0.3 is 14.4 Å². The molecule has 3 rings (SSSR count). The molecule has 0 unspecified atom stereocenters. The average Bonchev–Trinajstić information content (AvgIpc) is 2.76. The molecule has 6 nitrogen and oxygen atoms in total. The number of alkyl halides is 3. The molecule has 0 saturated carbocycles. The lowest BCUT2D eigenvalue weighted by atomic mass is 10.1. The van der Waals surface area contributed by atoms with Crippen LogP contribution in [0, 0.1) is 0 Å². The second-order valence-electron chi connectivity index (χ2n) is 7.41. The Balaban J connectivity index is 1.85. The van der Waals surface area contributed by atoms with Gasteiger partial charge in [0.15, 0.2) is 16.7 Å². The number of thioether (sulfide) groups is 1. The number of anilines is 1. The van der Waals surface area contributed by atoms with E-state index in [4.69, 9.17) is 9.47 Å². The number of aromatic amines is 1. The van der Waals surface area contributed by atoms with Crippen LogP contribution in [0.5, 0.6) is 11.5 Å². The van der Waals surface area contributed by atoms with Crippen molar-refractivity contribution in [1.29, 1.82) is 0 Å². The molecule has 0 aliphatic rings. The maximum absolute atomic E-state index is 12.8. The van der Waals surface area contributed by atoms with Gasteiger partial charge in [-0.3, -0.25) is 9.78 Å². The number of H-pyrrole nitrogens is 1. The Morgan fingerprint density at radius 2 is 1.64 bits per heavy atom. The van der Waals surface area contributed by atoms with Gasteiger partial charge in [0.1, 0.15) is 5.69 Å². The van der Waals surface area contributed by atoms with Gasteiger partial charge in [0.05, 0.1) is 25.5 Å². The first kappa shape index (κ1) is 24.5. The molecule has 0 fully saturated rings. The summed E-state index contributed by atoms with van der Waals surface area (Å²) in [7, 11) is 6.63. The zero-order valence-corrected chi connectivity index (χ0v) is 19.4. The SMILES string of the molecule is COc1ccc(Cc2nc(SCc3ccc(C(F)(F)F)cc3)[nH]c(=O)c2N(C)C)cc1OC. The van der Waals surface area contributed by atoms with Gasteiger partial charge in [0, 0.05) is 26.3 Å². The van der Waals surface area contributed by atoms with Gasteiger partial charge in [0.2, 0.25) is 0 Å². The molecule has 33 heavy (non-hydrogen) atoms. The monoisotopic (exact) mass is 479 g/mol. The Morgan fingerprint density at radius 3 is 2.21 bits per heavy atom. The number of rotatable bonds is 8. The van der Waals surface area contributed by atoms with Crippen molar-refractivity contribution in [2.75, 3.05) is 33.2 Å². The van der Waals surface area contributed by atoms with Crippen molar-refractivity contribution in [3.63, 3.8) is 0 Å². The molecular weight excluding hydrogens is 455 g/mol. The smallest absolute Gasteiger partial charge is 0.416 e. The van der Waals surface area contributed by atoms with Crippen LogP contribution in [0.4, 0.5) is 18.9 Å². The number of benzene rings is 2. The minimum atomic E-state index is -4.38. The van der Waals surface area contributed by atoms with E-state index in [0.717, 1.165) is 17.7 Å². The topological polar surface area (TPSA) is 67.5 Å². The number of hydrogen-bond acceptors (Lipinski definition) is 6. The van der Waals surface area contributed by atoms with E-state index in [1.165, 1.54) is 23.9 Å². The largest absolute Gasteiger partial charge is 0.493 e. The fourth-order valence-corrected chi connectivity index (χ4v) is 4.10. The van der Waals surface area contributed by atoms with Crippen LogP contribution in [0.25, 0.3) is 0 Å². The van der Waals surface area contributed by atoms with Gasteiger partial charge in [-0.2, -0.15) is 13.2 Å². The summed E-state index contributed by atoms with van der Waals surface area (Å²) < 4.78 is 48.9. The first-order chi connectivity index (χ1) is 15.6. The van der Waals surface area contributed by atoms with Crippen molar-refractivity contribution in [2.45, 2.75) is 23.5 Å². The van der Waals surface area contributed by atoms with E-state index in [1.54, 1.807) is 39.3 Å². The van der Waals surface area contributed by atoms with Crippen LogP contribution in [0.15, 0.2) is 52.4 Å². The quantitative estimate of drug-likeness (QED) is 0.371. The van der Waals surface area contributed by atoms with Gasteiger partial charge in [-0.1, -0.05) is 30.0 Å². The highest BCUT2D eigenvalue weighted by Crippen LogP contribution is 2.31. The van der Waals surface area contributed by atoms with E-state index in [9.17, 15) is 18.0 Å². The molecule has 3 aromatic rings. The number of hydrogen-bond donors (Lipinski definition) is 1. The van der Waals surface area contributed by atoms with Gasteiger partial charge in [0.25, 0.3) is 5.56 Å². The first-order valence-corrected chi connectivity index (χ1v) is 10.9. The molecule has 0 bridgehead atoms. The van der Waals surface area contributed by atoms with Crippen molar-refractivity contribution in [1.82, 2.24) is 9.97 Å². The molecule has 0 amide bonds. The summed E-state index contributed by atoms with van der Waals surface area (Å²) in [6, 6.07) is 10.4. The van der Waals surface area contributed by atoms with E-state index in [1.807, 2.05) is 12.1 Å². The standard InChI is InChI=1S/C23H24F3N3O3S/c1-29(2)20-17(11-15-7-10-18(31-3)19(12-15)32-4)27-22(28-21(20)30)33-13-14-5-8-16(9-6-14)23(24,25)26/h5-10,12H,11,13H2,1-4H3,(H,27,28,30). The van der Waals surface area contributed by atoms with Crippen LogP contribution in [-0.4, -0.2) is 38.3 Å². The van der Waals surface area contributed by atoms with Crippen molar-refractivity contribution in [3.05, 3.63) is 75.2 Å². The van der Waals surface area contributed by atoms with E-state index >= 15 is 0 Å². The van der Waals surface area contributed by atoms with Crippen molar-refractivity contribution in [3.8, 4) is 11.5 Å².